The van der Waals surface area contributed by atoms with Crippen molar-refractivity contribution in [2.45, 2.75) is 44.4 Å². The molecule has 1 aliphatic rings. The van der Waals surface area contributed by atoms with E-state index < -0.39 is 10.0 Å². The average Bonchev–Trinajstić information content (AvgIpc) is 2.71. The quantitative estimate of drug-likeness (QED) is 0.650. The molecule has 1 aliphatic heterocycles. The molecule has 0 radical (unpaired) electrons. The Balaban J connectivity index is 1.51. The first-order valence-electron chi connectivity index (χ1n) is 10.3. The van der Waals surface area contributed by atoms with Crippen molar-refractivity contribution in [1.29, 1.82) is 0 Å². The van der Waals surface area contributed by atoms with Crippen LogP contribution in [0.4, 0.5) is 0 Å². The second-order valence-corrected chi connectivity index (χ2v) is 10.2. The summed E-state index contributed by atoms with van der Waals surface area (Å²) in [5, 5.41) is 2.90. The van der Waals surface area contributed by atoms with Crippen molar-refractivity contribution in [2.75, 3.05) is 26.3 Å². The van der Waals surface area contributed by atoms with Crippen molar-refractivity contribution in [3.05, 3.63) is 53.1 Å². The monoisotopic (exact) mass is 446 g/mol. The van der Waals surface area contributed by atoms with Gasteiger partial charge in [0.25, 0.3) is 0 Å². The number of nitrogens with one attached hydrogen (secondary N) is 2. The first-order chi connectivity index (χ1) is 14.6. The highest BCUT2D eigenvalue weighted by molar-refractivity contribution is 7.89. The number of rotatable bonds is 8. The molecule has 0 unspecified atom stereocenters. The Bertz CT molecular complexity index is 1060. The van der Waals surface area contributed by atoms with Crippen LogP contribution >= 0.6 is 0 Å². The molecule has 0 spiro atoms. The summed E-state index contributed by atoms with van der Waals surface area (Å²) in [7, 11) is -3.65. The number of aryl methyl sites for hydroxylation is 2. The lowest BCUT2D eigenvalue weighted by atomic mass is 9.84. The molecule has 1 amide bonds. The molecular formula is C23H30N2O5S. The van der Waals surface area contributed by atoms with Crippen LogP contribution in [0.25, 0.3) is 0 Å². The number of carbonyl (C=O) groups excluding carboxylic acids is 1. The lowest BCUT2D eigenvalue weighted by Crippen LogP contribution is -2.38. The number of hydrogen-bond donors (Lipinski definition) is 2. The lowest BCUT2D eigenvalue weighted by Gasteiger charge is -2.28. The standard InChI is InChI=1S/C23H30N2O5S/c1-16-5-8-21(17(2)13-16)31(27,28)25-10-9-22(26)24-15-23(3,4)18-6-7-19-20(14-18)30-12-11-29-19/h5-8,13-14,25H,9-12,15H2,1-4H3,(H,24,26). The molecule has 3 rings (SSSR count). The Morgan fingerprint density at radius 3 is 2.45 bits per heavy atom. The van der Waals surface area contributed by atoms with Crippen LogP contribution in [-0.4, -0.2) is 40.6 Å². The fourth-order valence-corrected chi connectivity index (χ4v) is 4.71. The summed E-state index contributed by atoms with van der Waals surface area (Å²) in [5.74, 6) is 1.23. The van der Waals surface area contributed by atoms with E-state index in [1.807, 2.05) is 45.0 Å². The van der Waals surface area contributed by atoms with Crippen molar-refractivity contribution in [1.82, 2.24) is 10.0 Å². The van der Waals surface area contributed by atoms with Gasteiger partial charge in [0, 0.05) is 24.9 Å². The normalized spacial score (nSPS) is 13.7. The van der Waals surface area contributed by atoms with Gasteiger partial charge in [-0.15, -0.1) is 0 Å². The summed E-state index contributed by atoms with van der Waals surface area (Å²) >= 11 is 0. The van der Waals surface area contributed by atoms with Crippen molar-refractivity contribution >= 4 is 15.9 Å². The number of amides is 1. The van der Waals surface area contributed by atoms with Crippen molar-refractivity contribution in [3.8, 4) is 11.5 Å². The molecule has 0 saturated heterocycles. The Morgan fingerprint density at radius 1 is 1.03 bits per heavy atom. The first-order valence-corrected chi connectivity index (χ1v) is 11.8. The molecule has 0 bridgehead atoms. The van der Waals surface area contributed by atoms with Crippen LogP contribution in [0.15, 0.2) is 41.3 Å². The van der Waals surface area contributed by atoms with Gasteiger partial charge in [-0.3, -0.25) is 4.79 Å². The highest BCUT2D eigenvalue weighted by Gasteiger charge is 2.24. The molecule has 1 heterocycles. The maximum Gasteiger partial charge on any atom is 0.240 e. The second kappa shape index (κ2) is 9.28. The second-order valence-electron chi connectivity index (χ2n) is 8.44. The SMILES string of the molecule is Cc1ccc(S(=O)(=O)NCCC(=O)NCC(C)(C)c2ccc3c(c2)OCCO3)c(C)c1. The predicted octanol–water partition coefficient (Wildman–Crippen LogP) is 2.84. The van der Waals surface area contributed by atoms with Gasteiger partial charge in [-0.2, -0.15) is 0 Å². The van der Waals surface area contributed by atoms with E-state index in [9.17, 15) is 13.2 Å². The molecule has 2 aromatic rings. The number of benzene rings is 2. The number of sulfonamides is 1. The number of ether oxygens (including phenoxy) is 2. The van der Waals surface area contributed by atoms with Crippen molar-refractivity contribution in [3.63, 3.8) is 0 Å². The highest BCUT2D eigenvalue weighted by atomic mass is 32.2. The lowest BCUT2D eigenvalue weighted by molar-refractivity contribution is -0.121. The largest absolute Gasteiger partial charge is 0.486 e. The van der Waals surface area contributed by atoms with Gasteiger partial charge in [0.2, 0.25) is 15.9 Å². The third-order valence-corrected chi connectivity index (χ3v) is 6.94. The number of hydrogen-bond acceptors (Lipinski definition) is 5. The summed E-state index contributed by atoms with van der Waals surface area (Å²) in [5.41, 5.74) is 2.37. The van der Waals surface area contributed by atoms with Crippen LogP contribution in [-0.2, 0) is 20.2 Å². The van der Waals surface area contributed by atoms with Gasteiger partial charge >= 0.3 is 0 Å². The summed E-state index contributed by atoms with van der Waals surface area (Å²) in [6.45, 7) is 9.23. The molecule has 8 heteroatoms. The minimum absolute atomic E-state index is 0.0337. The Kier molecular flexibility index (Phi) is 6.91. The summed E-state index contributed by atoms with van der Waals surface area (Å²) in [4.78, 5) is 12.5. The summed E-state index contributed by atoms with van der Waals surface area (Å²) < 4.78 is 38.7. The van der Waals surface area contributed by atoms with Gasteiger partial charge in [-0.25, -0.2) is 13.1 Å². The van der Waals surface area contributed by atoms with E-state index >= 15 is 0 Å². The molecule has 2 aromatic carbocycles. The fourth-order valence-electron chi connectivity index (χ4n) is 3.45. The zero-order valence-corrected chi connectivity index (χ0v) is 19.3. The van der Waals surface area contributed by atoms with E-state index in [1.165, 1.54) is 0 Å². The maximum absolute atomic E-state index is 12.5. The number of carbonyl (C=O) groups is 1. The molecule has 7 nitrogen and oxygen atoms in total. The van der Waals surface area contributed by atoms with Crippen LogP contribution in [0.2, 0.25) is 0 Å². The van der Waals surface area contributed by atoms with E-state index in [0.717, 1.165) is 16.9 Å². The van der Waals surface area contributed by atoms with Gasteiger partial charge in [-0.05, 0) is 43.2 Å². The maximum atomic E-state index is 12.5. The molecule has 0 aromatic heterocycles. The minimum atomic E-state index is -3.65. The fraction of sp³-hybridized carbons (Fsp3) is 0.435. The van der Waals surface area contributed by atoms with E-state index in [-0.39, 0.29) is 29.2 Å². The molecule has 0 fully saturated rings. The smallest absolute Gasteiger partial charge is 0.240 e. The van der Waals surface area contributed by atoms with Crippen molar-refractivity contribution < 1.29 is 22.7 Å². The molecule has 2 N–H and O–H groups in total. The third-order valence-electron chi connectivity index (χ3n) is 5.32. The Morgan fingerprint density at radius 2 is 1.74 bits per heavy atom. The van der Waals surface area contributed by atoms with Crippen LogP contribution < -0.4 is 19.5 Å². The minimum Gasteiger partial charge on any atom is -0.486 e. The highest BCUT2D eigenvalue weighted by Crippen LogP contribution is 2.34. The summed E-state index contributed by atoms with van der Waals surface area (Å²) in [6.07, 6.45) is 0.0569. The van der Waals surface area contributed by atoms with Gasteiger partial charge in [0.1, 0.15) is 13.2 Å². The molecule has 168 valence electrons. The Hall–Kier alpha value is -2.58. The molecular weight excluding hydrogens is 416 g/mol. The molecule has 0 saturated carbocycles. The van der Waals surface area contributed by atoms with E-state index in [1.54, 1.807) is 19.1 Å². The number of fused-ring (bicyclic) bond motifs is 1. The van der Waals surface area contributed by atoms with Crippen LogP contribution in [0.1, 0.15) is 37.0 Å². The van der Waals surface area contributed by atoms with Crippen LogP contribution in [0.3, 0.4) is 0 Å². The topological polar surface area (TPSA) is 93.7 Å². The summed E-state index contributed by atoms with van der Waals surface area (Å²) in [6, 6.07) is 11.0. The zero-order valence-electron chi connectivity index (χ0n) is 18.4. The van der Waals surface area contributed by atoms with Gasteiger partial charge in [0.05, 0.1) is 4.90 Å². The zero-order chi connectivity index (χ0) is 22.6. The van der Waals surface area contributed by atoms with Gasteiger partial charge < -0.3 is 14.8 Å². The Labute approximate surface area is 184 Å². The van der Waals surface area contributed by atoms with Gasteiger partial charge in [-0.1, -0.05) is 37.6 Å². The average molecular weight is 447 g/mol. The van der Waals surface area contributed by atoms with Crippen LogP contribution in [0, 0.1) is 13.8 Å². The molecule has 0 atom stereocenters. The molecule has 0 aliphatic carbocycles. The van der Waals surface area contributed by atoms with Crippen molar-refractivity contribution in [2.24, 2.45) is 0 Å². The molecule has 31 heavy (non-hydrogen) atoms. The van der Waals surface area contributed by atoms with Gasteiger partial charge in [0.15, 0.2) is 11.5 Å². The predicted molar refractivity (Wildman–Crippen MR) is 119 cm³/mol. The third kappa shape index (κ3) is 5.77. The van der Waals surface area contributed by atoms with E-state index in [0.29, 0.717) is 31.1 Å². The first kappa shape index (κ1) is 23.1. The van der Waals surface area contributed by atoms with Crippen LogP contribution in [0.5, 0.6) is 11.5 Å². The van der Waals surface area contributed by atoms with E-state index in [2.05, 4.69) is 10.0 Å². The van der Waals surface area contributed by atoms with E-state index in [4.69, 9.17) is 9.47 Å².